The van der Waals surface area contributed by atoms with Gasteiger partial charge in [-0.25, -0.2) is 0 Å². The van der Waals surface area contributed by atoms with Crippen LogP contribution in [0.4, 0.5) is 0 Å². The Bertz CT molecular complexity index is 877. The molecule has 2 aromatic rings. The second-order valence-electron chi connectivity index (χ2n) is 6.40. The fraction of sp³-hybridized carbons (Fsp3) is 0.333. The molecule has 1 aromatic carbocycles. The zero-order valence-electron chi connectivity index (χ0n) is 17.2. The van der Waals surface area contributed by atoms with E-state index < -0.39 is 12.1 Å². The number of rotatable bonds is 7. The van der Waals surface area contributed by atoms with Gasteiger partial charge in [-0.1, -0.05) is 12.1 Å². The van der Waals surface area contributed by atoms with Crippen LogP contribution in [-0.4, -0.2) is 61.9 Å². The maximum absolute atomic E-state index is 12.7. The molecule has 31 heavy (non-hydrogen) atoms. The number of pyridine rings is 1. The standard InChI is InChI=1S/C20H23N3O5.CH2O2/c1-26-15-6-5-14(10-16(15)27-2)18-19(28-12-17(24)23-18)20(25)22-9-7-13-4-3-8-21-11-13;2-1-3/h3-6,8,10-11,18-19H,7,9,12H2,1-2H3,(H,22,25)(H,23,24);1H,(H,2,3)/t18-,19+;/m1./s1. The lowest BCUT2D eigenvalue weighted by molar-refractivity contribution is -0.148. The first kappa shape index (κ1) is 23.6. The number of aromatic nitrogens is 1. The third-order valence-corrected chi connectivity index (χ3v) is 4.47. The topological polar surface area (TPSA) is 136 Å². The van der Waals surface area contributed by atoms with E-state index in [1.165, 1.54) is 7.11 Å². The molecule has 10 nitrogen and oxygen atoms in total. The number of methoxy groups -OCH3 is 2. The van der Waals surface area contributed by atoms with E-state index in [9.17, 15) is 9.59 Å². The Balaban J connectivity index is 0.00000107. The van der Waals surface area contributed by atoms with Crippen LogP contribution in [-0.2, 0) is 25.5 Å². The lowest BCUT2D eigenvalue weighted by Crippen LogP contribution is -2.52. The molecule has 0 bridgehead atoms. The van der Waals surface area contributed by atoms with Gasteiger partial charge in [-0.15, -0.1) is 0 Å². The number of nitrogens with zero attached hydrogens (tertiary/aromatic N) is 1. The van der Waals surface area contributed by atoms with E-state index in [2.05, 4.69) is 15.6 Å². The van der Waals surface area contributed by atoms with Crippen LogP contribution in [0.2, 0.25) is 0 Å². The molecule has 0 spiro atoms. The van der Waals surface area contributed by atoms with Crippen LogP contribution < -0.4 is 20.1 Å². The van der Waals surface area contributed by atoms with Crippen LogP contribution in [0.3, 0.4) is 0 Å². The van der Waals surface area contributed by atoms with E-state index in [0.29, 0.717) is 30.0 Å². The minimum Gasteiger partial charge on any atom is -0.493 e. The van der Waals surface area contributed by atoms with Gasteiger partial charge in [-0.05, 0) is 35.7 Å². The predicted octanol–water partition coefficient (Wildman–Crippen LogP) is 0.715. The van der Waals surface area contributed by atoms with Gasteiger partial charge in [0.05, 0.1) is 20.3 Å². The van der Waals surface area contributed by atoms with Crippen LogP contribution >= 0.6 is 0 Å². The van der Waals surface area contributed by atoms with Gasteiger partial charge in [0.1, 0.15) is 6.61 Å². The number of nitrogens with one attached hydrogen (secondary N) is 2. The molecule has 1 aromatic heterocycles. The average molecular weight is 431 g/mol. The first-order valence-corrected chi connectivity index (χ1v) is 9.41. The van der Waals surface area contributed by atoms with E-state index in [0.717, 1.165) is 5.56 Å². The summed E-state index contributed by atoms with van der Waals surface area (Å²) in [5.41, 5.74) is 1.72. The highest BCUT2D eigenvalue weighted by atomic mass is 16.5. The lowest BCUT2D eigenvalue weighted by atomic mass is 9.98. The summed E-state index contributed by atoms with van der Waals surface area (Å²) in [4.78, 5) is 37.0. The molecular weight excluding hydrogens is 406 g/mol. The normalized spacial score (nSPS) is 17.4. The molecule has 1 fully saturated rings. The molecule has 0 saturated carbocycles. The van der Waals surface area contributed by atoms with Gasteiger partial charge in [-0.3, -0.25) is 19.4 Å². The van der Waals surface area contributed by atoms with E-state index in [1.807, 2.05) is 12.1 Å². The van der Waals surface area contributed by atoms with Crippen LogP contribution in [0.5, 0.6) is 11.5 Å². The number of carboxylic acid groups (broad SMARTS) is 1. The third kappa shape index (κ3) is 6.68. The van der Waals surface area contributed by atoms with Crippen molar-refractivity contribution >= 4 is 18.3 Å². The number of ether oxygens (including phenoxy) is 3. The highest BCUT2D eigenvalue weighted by molar-refractivity contribution is 5.86. The molecule has 2 heterocycles. The average Bonchev–Trinajstić information content (AvgIpc) is 2.79. The molecule has 3 N–H and O–H groups in total. The van der Waals surface area contributed by atoms with Crippen molar-refractivity contribution in [3.05, 3.63) is 53.9 Å². The van der Waals surface area contributed by atoms with E-state index in [4.69, 9.17) is 24.1 Å². The van der Waals surface area contributed by atoms with Crippen LogP contribution in [0, 0.1) is 0 Å². The summed E-state index contributed by atoms with van der Waals surface area (Å²) in [7, 11) is 3.07. The number of amides is 2. The first-order valence-electron chi connectivity index (χ1n) is 9.41. The van der Waals surface area contributed by atoms with Crippen molar-refractivity contribution in [2.24, 2.45) is 0 Å². The molecule has 3 rings (SSSR count). The van der Waals surface area contributed by atoms with E-state index >= 15 is 0 Å². The van der Waals surface area contributed by atoms with Gasteiger partial charge in [0.2, 0.25) is 5.91 Å². The molecule has 1 aliphatic heterocycles. The van der Waals surface area contributed by atoms with Crippen LogP contribution in [0.1, 0.15) is 17.2 Å². The minimum atomic E-state index is -0.843. The smallest absolute Gasteiger partial charge is 0.290 e. The Morgan fingerprint density at radius 3 is 2.71 bits per heavy atom. The van der Waals surface area contributed by atoms with Gasteiger partial charge >= 0.3 is 0 Å². The fourth-order valence-corrected chi connectivity index (χ4v) is 3.06. The zero-order valence-corrected chi connectivity index (χ0v) is 17.2. The molecule has 0 unspecified atom stereocenters. The largest absolute Gasteiger partial charge is 0.493 e. The number of benzene rings is 1. The number of carbonyl (C=O) groups excluding carboxylic acids is 2. The summed E-state index contributed by atoms with van der Waals surface area (Å²) in [6.07, 6.45) is 3.27. The lowest BCUT2D eigenvalue weighted by Gasteiger charge is -2.32. The van der Waals surface area contributed by atoms with Crippen molar-refractivity contribution < 1.29 is 33.7 Å². The van der Waals surface area contributed by atoms with Crippen molar-refractivity contribution in [3.63, 3.8) is 0 Å². The van der Waals surface area contributed by atoms with Gasteiger partial charge in [0, 0.05) is 18.9 Å². The Labute approximate surface area is 179 Å². The number of hydrogen-bond acceptors (Lipinski definition) is 7. The first-order chi connectivity index (χ1) is 15.0. The molecule has 0 radical (unpaired) electrons. The Morgan fingerprint density at radius 2 is 2.06 bits per heavy atom. The maximum atomic E-state index is 12.7. The summed E-state index contributed by atoms with van der Waals surface area (Å²) in [6.45, 7) is 0.0292. The highest BCUT2D eigenvalue weighted by Gasteiger charge is 2.36. The second-order valence-corrected chi connectivity index (χ2v) is 6.40. The summed E-state index contributed by atoms with van der Waals surface area (Å²) in [5.74, 6) is 0.505. The molecule has 166 valence electrons. The van der Waals surface area contributed by atoms with Gasteiger partial charge in [-0.2, -0.15) is 0 Å². The Kier molecular flexibility index (Phi) is 9.24. The molecule has 1 aliphatic rings. The minimum absolute atomic E-state index is 0.162. The summed E-state index contributed by atoms with van der Waals surface area (Å²) < 4.78 is 16.1. The zero-order chi connectivity index (χ0) is 22.6. The highest BCUT2D eigenvalue weighted by Crippen LogP contribution is 2.32. The van der Waals surface area contributed by atoms with Crippen molar-refractivity contribution in [3.8, 4) is 11.5 Å². The molecule has 2 atom stereocenters. The van der Waals surface area contributed by atoms with E-state index in [1.54, 1.807) is 37.7 Å². The molecule has 2 amide bonds. The SMILES string of the molecule is COc1ccc([C@H]2NC(=O)CO[C@@H]2C(=O)NCCc2cccnc2)cc1OC.O=CO. The van der Waals surface area contributed by atoms with Gasteiger partial charge < -0.3 is 30.0 Å². The monoisotopic (exact) mass is 431 g/mol. The molecular formula is C21H25N3O7. The van der Waals surface area contributed by atoms with E-state index in [-0.39, 0.29) is 24.9 Å². The molecule has 10 heteroatoms. The number of carbonyl (C=O) groups is 3. The van der Waals surface area contributed by atoms with Gasteiger partial charge in [0.25, 0.3) is 12.4 Å². The summed E-state index contributed by atoms with van der Waals surface area (Å²) >= 11 is 0. The third-order valence-electron chi connectivity index (χ3n) is 4.47. The molecule has 1 saturated heterocycles. The Morgan fingerprint density at radius 1 is 1.32 bits per heavy atom. The van der Waals surface area contributed by atoms with Crippen molar-refractivity contribution in [2.45, 2.75) is 18.6 Å². The fourth-order valence-electron chi connectivity index (χ4n) is 3.06. The van der Waals surface area contributed by atoms with Gasteiger partial charge in [0.15, 0.2) is 17.6 Å². The van der Waals surface area contributed by atoms with Crippen molar-refractivity contribution in [2.75, 3.05) is 27.4 Å². The maximum Gasteiger partial charge on any atom is 0.290 e. The van der Waals surface area contributed by atoms with Crippen LogP contribution in [0.15, 0.2) is 42.7 Å². The second kappa shape index (κ2) is 12.1. The molecule has 0 aliphatic carbocycles. The number of hydrogen-bond donors (Lipinski definition) is 3. The number of morpholine rings is 1. The predicted molar refractivity (Wildman–Crippen MR) is 110 cm³/mol. The quantitative estimate of drug-likeness (QED) is 0.546. The van der Waals surface area contributed by atoms with Crippen molar-refractivity contribution in [1.82, 2.24) is 15.6 Å². The summed E-state index contributed by atoms with van der Waals surface area (Å²) in [5, 5.41) is 12.6. The van der Waals surface area contributed by atoms with Crippen molar-refractivity contribution in [1.29, 1.82) is 0 Å². The summed E-state index contributed by atoms with van der Waals surface area (Å²) in [6, 6.07) is 8.41. The van der Waals surface area contributed by atoms with Crippen LogP contribution in [0.25, 0.3) is 0 Å². The Hall–Kier alpha value is -3.66.